The van der Waals surface area contributed by atoms with Gasteiger partial charge in [0.2, 0.25) is 5.91 Å². The summed E-state index contributed by atoms with van der Waals surface area (Å²) in [5.41, 5.74) is 2.01. The second kappa shape index (κ2) is 7.62. The van der Waals surface area contributed by atoms with E-state index in [1.165, 1.54) is 11.3 Å². The molecule has 23 heavy (non-hydrogen) atoms. The predicted octanol–water partition coefficient (Wildman–Crippen LogP) is 3.93. The maximum absolute atomic E-state index is 11.8. The molecule has 0 aliphatic rings. The molecule has 1 N–H and O–H groups in total. The van der Waals surface area contributed by atoms with E-state index < -0.39 is 0 Å². The highest BCUT2D eigenvalue weighted by molar-refractivity contribution is 5.81. The van der Waals surface area contributed by atoms with Gasteiger partial charge in [0.15, 0.2) is 0 Å². The molecule has 1 heterocycles. The highest BCUT2D eigenvalue weighted by Crippen LogP contribution is 2.17. The number of nitrogens with one attached hydrogen (secondary N) is 1. The zero-order valence-electron chi connectivity index (χ0n) is 14.9. The van der Waals surface area contributed by atoms with Crippen molar-refractivity contribution < 1.29 is 4.79 Å². The molecule has 1 amide bonds. The third-order valence-electron chi connectivity index (χ3n) is 4.09. The van der Waals surface area contributed by atoms with Crippen molar-refractivity contribution in [3.63, 3.8) is 0 Å². The third-order valence-corrected chi connectivity index (χ3v) is 4.09. The van der Waals surface area contributed by atoms with Crippen LogP contribution in [0.3, 0.4) is 0 Å². The molecule has 0 aliphatic carbocycles. The Kier molecular flexibility index (Phi) is 5.80. The van der Waals surface area contributed by atoms with E-state index in [1.54, 1.807) is 0 Å². The van der Waals surface area contributed by atoms with E-state index >= 15 is 0 Å². The van der Waals surface area contributed by atoms with E-state index in [9.17, 15) is 4.79 Å². The van der Waals surface area contributed by atoms with Gasteiger partial charge in [0.25, 0.3) is 0 Å². The first-order valence-corrected chi connectivity index (χ1v) is 8.66. The number of rotatable bonds is 7. The van der Waals surface area contributed by atoms with Crippen molar-refractivity contribution in [1.82, 2.24) is 14.9 Å². The number of unbranched alkanes of at least 4 members (excludes halogenated alkanes) is 2. The monoisotopic (exact) mass is 315 g/mol. The predicted molar refractivity (Wildman–Crippen MR) is 95.4 cm³/mol. The van der Waals surface area contributed by atoms with Crippen LogP contribution < -0.4 is 5.32 Å². The van der Waals surface area contributed by atoms with Crippen LogP contribution in [0.15, 0.2) is 24.3 Å². The number of aromatic nitrogens is 2. The molecule has 4 heteroatoms. The largest absolute Gasteiger partial charge is 0.356 e. The molecular formula is C19H29N3O. The zero-order valence-corrected chi connectivity index (χ0v) is 14.9. The van der Waals surface area contributed by atoms with Crippen molar-refractivity contribution in [2.24, 2.45) is 5.41 Å². The highest BCUT2D eigenvalue weighted by Gasteiger charge is 2.20. The normalized spacial score (nSPS) is 11.8. The first-order chi connectivity index (χ1) is 10.9. The number of benzene rings is 1. The van der Waals surface area contributed by atoms with Gasteiger partial charge in [0, 0.05) is 24.9 Å². The summed E-state index contributed by atoms with van der Waals surface area (Å²) in [7, 11) is 0. The lowest BCUT2D eigenvalue weighted by Gasteiger charge is -2.17. The fraction of sp³-hybridized carbons (Fsp3) is 0.579. The second-order valence-electron chi connectivity index (χ2n) is 7.08. The van der Waals surface area contributed by atoms with E-state index in [0.717, 1.165) is 44.3 Å². The van der Waals surface area contributed by atoms with Crippen LogP contribution in [0, 0.1) is 5.41 Å². The van der Waals surface area contributed by atoms with Crippen LogP contribution in [0.2, 0.25) is 0 Å². The molecule has 2 rings (SSSR count). The van der Waals surface area contributed by atoms with Gasteiger partial charge in [-0.2, -0.15) is 0 Å². The Bertz CT molecular complexity index is 652. The molecular weight excluding hydrogens is 286 g/mol. The minimum Gasteiger partial charge on any atom is -0.356 e. The summed E-state index contributed by atoms with van der Waals surface area (Å²) in [4.78, 5) is 16.5. The molecule has 0 saturated heterocycles. The minimum atomic E-state index is -0.300. The third kappa shape index (κ3) is 4.57. The van der Waals surface area contributed by atoms with Crippen LogP contribution in [0.1, 0.15) is 52.8 Å². The lowest BCUT2D eigenvalue weighted by Crippen LogP contribution is -2.35. The maximum atomic E-state index is 11.8. The Hall–Kier alpha value is -1.84. The minimum absolute atomic E-state index is 0.130. The number of carbonyl (C=O) groups excluding carboxylic acids is 1. The van der Waals surface area contributed by atoms with Crippen LogP contribution in [0.4, 0.5) is 0 Å². The number of imidazole rings is 1. The average Bonchev–Trinajstić information content (AvgIpc) is 2.86. The molecule has 0 unspecified atom stereocenters. The van der Waals surface area contributed by atoms with Crippen molar-refractivity contribution in [1.29, 1.82) is 0 Å². The number of fused-ring (bicyclic) bond motifs is 1. The van der Waals surface area contributed by atoms with Crippen molar-refractivity contribution in [3.8, 4) is 0 Å². The van der Waals surface area contributed by atoms with Crippen LogP contribution in [-0.2, 0) is 17.8 Å². The summed E-state index contributed by atoms with van der Waals surface area (Å²) in [5.74, 6) is 1.30. The number of hydrogen-bond acceptors (Lipinski definition) is 2. The Morgan fingerprint density at radius 1 is 1.17 bits per heavy atom. The summed E-state index contributed by atoms with van der Waals surface area (Å²) >= 11 is 0. The zero-order chi connectivity index (χ0) is 16.9. The Morgan fingerprint density at radius 3 is 2.61 bits per heavy atom. The Morgan fingerprint density at radius 2 is 1.91 bits per heavy atom. The number of carbonyl (C=O) groups is 1. The number of nitrogens with zero attached hydrogens (tertiary/aromatic N) is 2. The summed E-state index contributed by atoms with van der Waals surface area (Å²) in [6, 6.07) is 8.32. The summed E-state index contributed by atoms with van der Waals surface area (Å²) in [6.07, 6.45) is 4.23. The average molecular weight is 315 g/mol. The molecule has 126 valence electrons. The van der Waals surface area contributed by atoms with Gasteiger partial charge < -0.3 is 9.88 Å². The van der Waals surface area contributed by atoms with Gasteiger partial charge in [0.1, 0.15) is 5.82 Å². The van der Waals surface area contributed by atoms with Gasteiger partial charge in [-0.3, -0.25) is 4.79 Å². The maximum Gasteiger partial charge on any atom is 0.225 e. The molecule has 0 atom stereocenters. The van der Waals surface area contributed by atoms with E-state index in [-0.39, 0.29) is 11.3 Å². The SMILES string of the molecule is CCn1c(CCCCCNC(=O)C(C)(C)C)nc2ccccc21. The molecule has 0 fully saturated rings. The molecule has 2 aromatic rings. The first-order valence-electron chi connectivity index (χ1n) is 8.66. The topological polar surface area (TPSA) is 46.9 Å². The standard InChI is InChI=1S/C19H29N3O/c1-5-22-16-12-9-8-11-15(16)21-17(22)13-7-6-10-14-20-18(23)19(2,3)4/h8-9,11-12H,5-7,10,13-14H2,1-4H3,(H,20,23). The molecule has 1 aromatic heterocycles. The summed E-state index contributed by atoms with van der Waals surface area (Å²) < 4.78 is 2.30. The van der Waals surface area contributed by atoms with Crippen molar-refractivity contribution in [2.45, 2.75) is 59.9 Å². The summed E-state index contributed by atoms with van der Waals surface area (Å²) in [6.45, 7) is 9.71. The van der Waals surface area contributed by atoms with Gasteiger partial charge >= 0.3 is 0 Å². The number of hydrogen-bond donors (Lipinski definition) is 1. The van der Waals surface area contributed by atoms with Crippen LogP contribution >= 0.6 is 0 Å². The molecule has 0 bridgehead atoms. The molecule has 4 nitrogen and oxygen atoms in total. The fourth-order valence-electron chi connectivity index (χ4n) is 2.72. The van der Waals surface area contributed by atoms with E-state index in [4.69, 9.17) is 4.98 Å². The van der Waals surface area contributed by atoms with Crippen molar-refractivity contribution in [2.75, 3.05) is 6.54 Å². The van der Waals surface area contributed by atoms with Crippen molar-refractivity contribution in [3.05, 3.63) is 30.1 Å². The lowest BCUT2D eigenvalue weighted by molar-refractivity contribution is -0.128. The van der Waals surface area contributed by atoms with E-state index in [2.05, 4.69) is 35.0 Å². The van der Waals surface area contributed by atoms with E-state index in [0.29, 0.717) is 0 Å². The number of aryl methyl sites for hydroxylation is 2. The molecule has 0 spiro atoms. The fourth-order valence-corrected chi connectivity index (χ4v) is 2.72. The Balaban J connectivity index is 1.78. The quantitative estimate of drug-likeness (QED) is 0.787. The lowest BCUT2D eigenvalue weighted by atomic mass is 9.96. The Labute approximate surface area is 139 Å². The van der Waals surface area contributed by atoms with Gasteiger partial charge in [-0.1, -0.05) is 39.3 Å². The molecule has 0 saturated carbocycles. The molecule has 1 aromatic carbocycles. The van der Waals surface area contributed by atoms with Crippen LogP contribution in [-0.4, -0.2) is 22.0 Å². The van der Waals surface area contributed by atoms with E-state index in [1.807, 2.05) is 26.8 Å². The van der Waals surface area contributed by atoms with Gasteiger partial charge in [0.05, 0.1) is 11.0 Å². The highest BCUT2D eigenvalue weighted by atomic mass is 16.2. The van der Waals surface area contributed by atoms with Crippen LogP contribution in [0.5, 0.6) is 0 Å². The molecule has 0 radical (unpaired) electrons. The van der Waals surface area contributed by atoms with Crippen molar-refractivity contribution >= 4 is 16.9 Å². The smallest absolute Gasteiger partial charge is 0.225 e. The second-order valence-corrected chi connectivity index (χ2v) is 7.08. The first kappa shape index (κ1) is 17.5. The molecule has 0 aliphatic heterocycles. The van der Waals surface area contributed by atoms with Gasteiger partial charge in [-0.05, 0) is 31.9 Å². The van der Waals surface area contributed by atoms with Gasteiger partial charge in [-0.25, -0.2) is 4.98 Å². The number of para-hydroxylation sites is 2. The summed E-state index contributed by atoms with van der Waals surface area (Å²) in [5, 5.41) is 3.01. The number of amides is 1. The van der Waals surface area contributed by atoms with Crippen LogP contribution in [0.25, 0.3) is 11.0 Å². The van der Waals surface area contributed by atoms with Gasteiger partial charge in [-0.15, -0.1) is 0 Å².